The molecule has 19 heavy (non-hydrogen) atoms. The molecule has 0 spiro atoms. The molecule has 1 aromatic carbocycles. The van der Waals surface area contributed by atoms with Crippen LogP contribution in [-0.4, -0.2) is 39.2 Å². The van der Waals surface area contributed by atoms with E-state index in [9.17, 15) is 8.42 Å². The molecule has 1 heterocycles. The van der Waals surface area contributed by atoms with Crippen molar-refractivity contribution < 1.29 is 17.9 Å². The Morgan fingerprint density at radius 2 is 1.68 bits per heavy atom. The van der Waals surface area contributed by atoms with E-state index in [4.69, 9.17) is 9.47 Å². The summed E-state index contributed by atoms with van der Waals surface area (Å²) in [5, 5.41) is 0. The molecule has 106 valence electrons. The average molecular weight is 285 g/mol. The maximum Gasteiger partial charge on any atom is 0.211 e. The van der Waals surface area contributed by atoms with Crippen LogP contribution in [0.1, 0.15) is 18.1 Å². The molecule has 5 nitrogen and oxygen atoms in total. The Morgan fingerprint density at radius 1 is 1.16 bits per heavy atom. The van der Waals surface area contributed by atoms with E-state index in [0.717, 1.165) is 11.1 Å². The quantitative estimate of drug-likeness (QED) is 0.842. The zero-order valence-corrected chi connectivity index (χ0v) is 12.5. The molecule has 0 amide bonds. The second kappa shape index (κ2) is 5.02. The summed E-state index contributed by atoms with van der Waals surface area (Å²) < 4.78 is 35.6. The van der Waals surface area contributed by atoms with Gasteiger partial charge in [0.2, 0.25) is 10.0 Å². The van der Waals surface area contributed by atoms with Gasteiger partial charge in [-0.15, -0.1) is 0 Å². The summed E-state index contributed by atoms with van der Waals surface area (Å²) in [6.07, 6.45) is 1.93. The Bertz CT molecular complexity index is 583. The number of methoxy groups -OCH3 is 2. The van der Waals surface area contributed by atoms with Crippen LogP contribution in [0.4, 0.5) is 0 Å². The van der Waals surface area contributed by atoms with Gasteiger partial charge in [0.25, 0.3) is 0 Å². The van der Waals surface area contributed by atoms with E-state index in [2.05, 4.69) is 0 Å². The topological polar surface area (TPSA) is 55.8 Å². The minimum absolute atomic E-state index is 0.0411. The first kappa shape index (κ1) is 14.1. The molecule has 1 aromatic rings. The molecule has 0 radical (unpaired) electrons. The van der Waals surface area contributed by atoms with Crippen molar-refractivity contribution in [1.29, 1.82) is 0 Å². The maximum absolute atomic E-state index is 11.8. The maximum atomic E-state index is 11.8. The van der Waals surface area contributed by atoms with Gasteiger partial charge in [0.05, 0.1) is 20.5 Å². The summed E-state index contributed by atoms with van der Waals surface area (Å²) >= 11 is 0. The summed E-state index contributed by atoms with van der Waals surface area (Å²) in [6, 6.07) is 3.75. The van der Waals surface area contributed by atoms with Gasteiger partial charge >= 0.3 is 0 Å². The predicted octanol–water partition coefficient (Wildman–Crippen LogP) is 1.41. The highest BCUT2D eigenvalue weighted by atomic mass is 32.2. The molecule has 1 aliphatic heterocycles. The van der Waals surface area contributed by atoms with Crippen LogP contribution in [0, 0.1) is 0 Å². The normalized spacial score (nSPS) is 19.9. The molecule has 0 bridgehead atoms. The number of hydrogen-bond acceptors (Lipinski definition) is 4. The first-order valence-electron chi connectivity index (χ1n) is 6.07. The number of rotatable bonds is 3. The zero-order valence-electron chi connectivity index (χ0n) is 11.6. The summed E-state index contributed by atoms with van der Waals surface area (Å²) in [5.74, 6) is 1.31. The summed E-state index contributed by atoms with van der Waals surface area (Å²) in [6.45, 7) is 2.30. The molecule has 2 rings (SSSR count). The fourth-order valence-electron chi connectivity index (χ4n) is 2.49. The highest BCUT2D eigenvalue weighted by Crippen LogP contribution is 2.35. The van der Waals surface area contributed by atoms with Gasteiger partial charge < -0.3 is 9.47 Å². The van der Waals surface area contributed by atoms with E-state index in [1.165, 1.54) is 10.6 Å². The van der Waals surface area contributed by atoms with Crippen molar-refractivity contribution in [3.8, 4) is 11.5 Å². The molecule has 6 heteroatoms. The highest BCUT2D eigenvalue weighted by molar-refractivity contribution is 7.88. The molecule has 1 aliphatic rings. The van der Waals surface area contributed by atoms with E-state index in [1.807, 2.05) is 19.1 Å². The molecule has 0 aliphatic carbocycles. The molecule has 1 atom stereocenters. The average Bonchev–Trinajstić information content (AvgIpc) is 2.35. The van der Waals surface area contributed by atoms with Gasteiger partial charge in [-0.2, -0.15) is 4.31 Å². The number of hydrogen-bond donors (Lipinski definition) is 0. The van der Waals surface area contributed by atoms with Crippen LogP contribution < -0.4 is 9.47 Å². The third-order valence-corrected chi connectivity index (χ3v) is 4.81. The lowest BCUT2D eigenvalue weighted by Crippen LogP contribution is -2.41. The van der Waals surface area contributed by atoms with Crippen LogP contribution in [0.5, 0.6) is 11.5 Å². The monoisotopic (exact) mass is 285 g/mol. The van der Waals surface area contributed by atoms with E-state index < -0.39 is 10.0 Å². The van der Waals surface area contributed by atoms with Gasteiger partial charge in [-0.3, -0.25) is 0 Å². The summed E-state index contributed by atoms with van der Waals surface area (Å²) in [4.78, 5) is 0. The number of nitrogens with zero attached hydrogens (tertiary/aromatic N) is 1. The van der Waals surface area contributed by atoms with Gasteiger partial charge in [0.1, 0.15) is 0 Å². The fraction of sp³-hybridized carbons (Fsp3) is 0.538. The van der Waals surface area contributed by atoms with Crippen LogP contribution in [0.25, 0.3) is 0 Å². The third-order valence-electron chi connectivity index (χ3n) is 3.46. The van der Waals surface area contributed by atoms with Crippen LogP contribution in [0.15, 0.2) is 12.1 Å². The smallest absolute Gasteiger partial charge is 0.211 e. The van der Waals surface area contributed by atoms with Gasteiger partial charge in [0, 0.05) is 12.6 Å². The van der Waals surface area contributed by atoms with E-state index in [1.54, 1.807) is 14.2 Å². The van der Waals surface area contributed by atoms with Gasteiger partial charge in [-0.05, 0) is 36.6 Å². The lowest BCUT2D eigenvalue weighted by molar-refractivity contribution is 0.307. The van der Waals surface area contributed by atoms with Crippen molar-refractivity contribution in [3.63, 3.8) is 0 Å². The molecule has 1 unspecified atom stereocenters. The second-order valence-electron chi connectivity index (χ2n) is 4.84. The first-order valence-corrected chi connectivity index (χ1v) is 7.92. The largest absolute Gasteiger partial charge is 0.493 e. The first-order chi connectivity index (χ1) is 8.86. The molecular formula is C13H19NO4S. The van der Waals surface area contributed by atoms with E-state index >= 15 is 0 Å². The summed E-state index contributed by atoms with van der Waals surface area (Å²) in [5.41, 5.74) is 2.09. The Balaban J connectivity index is 2.45. The molecule has 0 saturated heterocycles. The van der Waals surface area contributed by atoms with Crippen LogP contribution in [-0.2, 0) is 23.0 Å². The lowest BCUT2D eigenvalue weighted by Gasteiger charge is -2.33. The molecule has 0 N–H and O–H groups in total. The Hall–Kier alpha value is -1.27. The van der Waals surface area contributed by atoms with Gasteiger partial charge in [-0.25, -0.2) is 8.42 Å². The van der Waals surface area contributed by atoms with Crippen molar-refractivity contribution in [2.24, 2.45) is 0 Å². The number of sulfonamides is 1. The Labute approximate surface area is 114 Å². The van der Waals surface area contributed by atoms with Crippen LogP contribution >= 0.6 is 0 Å². The van der Waals surface area contributed by atoms with E-state index in [0.29, 0.717) is 24.5 Å². The highest BCUT2D eigenvalue weighted by Gasteiger charge is 2.30. The number of fused-ring (bicyclic) bond motifs is 1. The third kappa shape index (κ3) is 2.69. The number of ether oxygens (including phenoxy) is 2. The standard InChI is InChI=1S/C13H19NO4S/c1-9-5-10-6-12(17-2)13(18-3)7-11(10)8-14(9)19(4,15)16/h6-7,9H,5,8H2,1-4H3. The fourth-order valence-corrected chi connectivity index (χ4v) is 3.59. The Kier molecular flexibility index (Phi) is 3.73. The van der Waals surface area contributed by atoms with E-state index in [-0.39, 0.29) is 6.04 Å². The molecule has 0 fully saturated rings. The minimum Gasteiger partial charge on any atom is -0.493 e. The minimum atomic E-state index is -3.19. The predicted molar refractivity (Wildman–Crippen MR) is 73.1 cm³/mol. The number of benzene rings is 1. The van der Waals surface area contributed by atoms with Crippen molar-refractivity contribution in [1.82, 2.24) is 4.31 Å². The van der Waals surface area contributed by atoms with Crippen molar-refractivity contribution in [3.05, 3.63) is 23.3 Å². The van der Waals surface area contributed by atoms with Crippen LogP contribution in [0.2, 0.25) is 0 Å². The lowest BCUT2D eigenvalue weighted by atomic mass is 9.96. The van der Waals surface area contributed by atoms with Gasteiger partial charge in [-0.1, -0.05) is 0 Å². The van der Waals surface area contributed by atoms with Gasteiger partial charge in [0.15, 0.2) is 11.5 Å². The second-order valence-corrected chi connectivity index (χ2v) is 6.77. The molecule has 0 saturated carbocycles. The molecule has 0 aromatic heterocycles. The molecular weight excluding hydrogens is 266 g/mol. The van der Waals surface area contributed by atoms with Crippen molar-refractivity contribution >= 4 is 10.0 Å². The van der Waals surface area contributed by atoms with Crippen molar-refractivity contribution in [2.45, 2.75) is 25.9 Å². The summed E-state index contributed by atoms with van der Waals surface area (Å²) in [7, 11) is -0.0218. The van der Waals surface area contributed by atoms with Crippen LogP contribution in [0.3, 0.4) is 0 Å². The van der Waals surface area contributed by atoms with Crippen molar-refractivity contribution in [2.75, 3.05) is 20.5 Å². The SMILES string of the molecule is COc1cc2c(cc1OC)CN(S(C)(=O)=O)C(C)C2. The zero-order chi connectivity index (χ0) is 14.2. The Morgan fingerprint density at radius 3 is 2.16 bits per heavy atom.